The Morgan fingerprint density at radius 2 is 1.92 bits per heavy atom. The number of nitrogens with one attached hydrogen (secondary N) is 1. The molecular weight excluding hydrogens is 160 g/mol. The van der Waals surface area contributed by atoms with Gasteiger partial charge in [-0.25, -0.2) is 0 Å². The van der Waals surface area contributed by atoms with Gasteiger partial charge in [0.05, 0.1) is 0 Å². The Bertz CT molecular complexity index is 192. The fourth-order valence-corrected chi connectivity index (χ4v) is 3.13. The first-order chi connectivity index (χ1) is 6.38. The van der Waals surface area contributed by atoms with Crippen LogP contribution in [-0.2, 0) is 0 Å². The van der Waals surface area contributed by atoms with E-state index >= 15 is 0 Å². The molecule has 0 atom stereocenters. The van der Waals surface area contributed by atoms with Crippen LogP contribution in [0.4, 0.5) is 0 Å². The maximum Gasteiger partial charge on any atom is 0.0309 e. The second-order valence-corrected chi connectivity index (χ2v) is 5.12. The molecule has 0 aromatic carbocycles. The highest BCUT2D eigenvalue weighted by molar-refractivity contribution is 5.01. The van der Waals surface area contributed by atoms with Crippen molar-refractivity contribution >= 4 is 0 Å². The van der Waals surface area contributed by atoms with Gasteiger partial charge in [-0.1, -0.05) is 12.8 Å². The van der Waals surface area contributed by atoms with Crippen LogP contribution in [0.15, 0.2) is 0 Å². The van der Waals surface area contributed by atoms with Gasteiger partial charge in [-0.15, -0.1) is 0 Å². The summed E-state index contributed by atoms with van der Waals surface area (Å²) in [5.74, 6) is 0. The number of hydrogen-bond donors (Lipinski definition) is 1. The van der Waals surface area contributed by atoms with Crippen molar-refractivity contribution in [2.24, 2.45) is 0 Å². The van der Waals surface area contributed by atoms with Gasteiger partial charge in [-0.05, 0) is 25.7 Å². The van der Waals surface area contributed by atoms with Crippen molar-refractivity contribution in [3.8, 4) is 0 Å². The van der Waals surface area contributed by atoms with Crippen molar-refractivity contribution < 1.29 is 0 Å². The highest BCUT2D eigenvalue weighted by Gasteiger charge is 2.41. The molecule has 0 amide bonds. The summed E-state index contributed by atoms with van der Waals surface area (Å²) in [4.78, 5) is 2.74. The largest absolute Gasteiger partial charge is 0.309 e. The molecule has 1 aliphatic heterocycles. The minimum absolute atomic E-state index is 0.542. The van der Waals surface area contributed by atoms with Gasteiger partial charge in [0.1, 0.15) is 0 Å². The summed E-state index contributed by atoms with van der Waals surface area (Å²) < 4.78 is 0. The van der Waals surface area contributed by atoms with Gasteiger partial charge in [0.2, 0.25) is 0 Å². The van der Waals surface area contributed by atoms with Crippen LogP contribution in [0.3, 0.4) is 0 Å². The molecule has 2 saturated carbocycles. The molecule has 0 bridgehead atoms. The summed E-state index contributed by atoms with van der Waals surface area (Å²) in [7, 11) is 0. The molecule has 0 aromatic rings. The lowest BCUT2D eigenvalue weighted by Crippen LogP contribution is -2.59. The molecule has 2 nitrogen and oxygen atoms in total. The van der Waals surface area contributed by atoms with Gasteiger partial charge in [0.25, 0.3) is 0 Å². The normalized spacial score (nSPS) is 34.2. The molecule has 1 spiro atoms. The maximum absolute atomic E-state index is 3.77. The smallest absolute Gasteiger partial charge is 0.0309 e. The van der Waals surface area contributed by atoms with Gasteiger partial charge < -0.3 is 5.32 Å². The topological polar surface area (TPSA) is 15.3 Å². The number of hydrogen-bond acceptors (Lipinski definition) is 2. The molecule has 0 radical (unpaired) electrons. The van der Waals surface area contributed by atoms with Crippen LogP contribution in [0.25, 0.3) is 0 Å². The molecule has 1 saturated heterocycles. The van der Waals surface area contributed by atoms with Gasteiger partial charge in [0, 0.05) is 31.2 Å². The third kappa shape index (κ3) is 1.50. The van der Waals surface area contributed by atoms with Gasteiger partial charge >= 0.3 is 0 Å². The Morgan fingerprint density at radius 3 is 2.62 bits per heavy atom. The zero-order chi connectivity index (χ0) is 8.73. The first-order valence-corrected chi connectivity index (χ1v) is 5.87. The van der Waals surface area contributed by atoms with Crippen LogP contribution in [0.5, 0.6) is 0 Å². The Labute approximate surface area is 80.7 Å². The van der Waals surface area contributed by atoms with E-state index in [1.54, 1.807) is 0 Å². The molecule has 1 heterocycles. The first kappa shape index (κ1) is 8.25. The van der Waals surface area contributed by atoms with Crippen molar-refractivity contribution in [2.75, 3.05) is 19.6 Å². The van der Waals surface area contributed by atoms with Crippen molar-refractivity contribution in [3.63, 3.8) is 0 Å². The molecule has 1 N–H and O–H groups in total. The van der Waals surface area contributed by atoms with Gasteiger partial charge in [0.15, 0.2) is 0 Å². The van der Waals surface area contributed by atoms with Crippen LogP contribution >= 0.6 is 0 Å². The number of nitrogens with zero attached hydrogens (tertiary/aromatic N) is 1. The van der Waals surface area contributed by atoms with Crippen LogP contribution in [0.2, 0.25) is 0 Å². The third-order valence-corrected chi connectivity index (χ3v) is 4.03. The van der Waals surface area contributed by atoms with E-state index in [1.807, 2.05) is 0 Å². The monoisotopic (exact) mass is 180 g/mol. The average molecular weight is 180 g/mol. The number of rotatable bonds is 1. The molecule has 0 unspecified atom stereocenters. The maximum atomic E-state index is 3.77. The standard InChI is InChI=1S/C11H20N2/c1-2-6-11(5-1)9-13(8-7-12-11)10-3-4-10/h10,12H,1-9H2. The van der Waals surface area contributed by atoms with E-state index in [2.05, 4.69) is 10.2 Å². The molecule has 3 aliphatic rings. The van der Waals surface area contributed by atoms with Crippen LogP contribution in [0, 0.1) is 0 Å². The molecule has 74 valence electrons. The van der Waals surface area contributed by atoms with E-state index < -0.39 is 0 Å². The summed E-state index contributed by atoms with van der Waals surface area (Å²) in [6.07, 6.45) is 8.69. The molecule has 0 aromatic heterocycles. The predicted molar refractivity (Wildman–Crippen MR) is 53.8 cm³/mol. The van der Waals surface area contributed by atoms with Crippen LogP contribution in [-0.4, -0.2) is 36.1 Å². The Hall–Kier alpha value is -0.0800. The Morgan fingerprint density at radius 1 is 1.15 bits per heavy atom. The van der Waals surface area contributed by atoms with Gasteiger partial charge in [-0.2, -0.15) is 0 Å². The Kier molecular flexibility index (Phi) is 1.88. The third-order valence-electron chi connectivity index (χ3n) is 4.03. The summed E-state index contributed by atoms with van der Waals surface area (Å²) >= 11 is 0. The average Bonchev–Trinajstić information content (AvgIpc) is 2.91. The van der Waals surface area contributed by atoms with Crippen molar-refractivity contribution in [1.29, 1.82) is 0 Å². The minimum Gasteiger partial charge on any atom is -0.309 e. The molecule has 13 heavy (non-hydrogen) atoms. The second-order valence-electron chi connectivity index (χ2n) is 5.12. The molecule has 2 heteroatoms. The highest BCUT2D eigenvalue weighted by Crippen LogP contribution is 2.36. The first-order valence-electron chi connectivity index (χ1n) is 5.87. The van der Waals surface area contributed by atoms with E-state index in [9.17, 15) is 0 Å². The zero-order valence-corrected chi connectivity index (χ0v) is 8.39. The summed E-state index contributed by atoms with van der Waals surface area (Å²) in [6, 6.07) is 0.972. The van der Waals surface area contributed by atoms with Crippen LogP contribution < -0.4 is 5.32 Å². The van der Waals surface area contributed by atoms with Crippen LogP contribution in [0.1, 0.15) is 38.5 Å². The molecule has 3 fully saturated rings. The molecular formula is C11H20N2. The fourth-order valence-electron chi connectivity index (χ4n) is 3.13. The van der Waals surface area contributed by atoms with Crippen molar-refractivity contribution in [2.45, 2.75) is 50.1 Å². The van der Waals surface area contributed by atoms with E-state index in [4.69, 9.17) is 0 Å². The zero-order valence-electron chi connectivity index (χ0n) is 8.39. The van der Waals surface area contributed by atoms with Crippen molar-refractivity contribution in [1.82, 2.24) is 10.2 Å². The lowest BCUT2D eigenvalue weighted by Gasteiger charge is -2.41. The van der Waals surface area contributed by atoms with E-state index in [1.165, 1.54) is 58.2 Å². The van der Waals surface area contributed by atoms with E-state index in [0.29, 0.717) is 5.54 Å². The van der Waals surface area contributed by atoms with E-state index in [0.717, 1.165) is 6.04 Å². The summed E-state index contributed by atoms with van der Waals surface area (Å²) in [5.41, 5.74) is 0.542. The summed E-state index contributed by atoms with van der Waals surface area (Å²) in [5, 5.41) is 3.77. The van der Waals surface area contributed by atoms with E-state index in [-0.39, 0.29) is 0 Å². The SMILES string of the molecule is C1CCC2(C1)CN(C1CC1)CCN2. The quantitative estimate of drug-likeness (QED) is 0.655. The van der Waals surface area contributed by atoms with Gasteiger partial charge in [-0.3, -0.25) is 4.90 Å². The Balaban J connectivity index is 1.68. The molecule has 2 aliphatic carbocycles. The number of piperazine rings is 1. The molecule has 3 rings (SSSR count). The second kappa shape index (κ2) is 2.96. The fraction of sp³-hybridized carbons (Fsp3) is 1.00. The highest BCUT2D eigenvalue weighted by atomic mass is 15.3. The summed E-state index contributed by atoms with van der Waals surface area (Å²) in [6.45, 7) is 3.88. The predicted octanol–water partition coefficient (Wildman–Crippen LogP) is 1.37. The lowest BCUT2D eigenvalue weighted by atomic mass is 9.94. The minimum atomic E-state index is 0.542. The lowest BCUT2D eigenvalue weighted by molar-refractivity contribution is 0.128. The van der Waals surface area contributed by atoms with Crippen molar-refractivity contribution in [3.05, 3.63) is 0 Å².